The Bertz CT molecular complexity index is 543. The molecule has 0 aromatic heterocycles. The number of benzene rings is 1. The summed E-state index contributed by atoms with van der Waals surface area (Å²) in [5.74, 6) is -2.16. The van der Waals surface area contributed by atoms with E-state index >= 15 is 0 Å². The number of carboxylic acid groups (broad SMARTS) is 1. The van der Waals surface area contributed by atoms with Gasteiger partial charge in [-0.3, -0.25) is 9.59 Å². The lowest BCUT2D eigenvalue weighted by atomic mass is 9.84. The fraction of sp³-hybridized carbons (Fsp3) is 0.429. The van der Waals surface area contributed by atoms with Crippen molar-refractivity contribution < 1.29 is 19.1 Å². The van der Waals surface area contributed by atoms with Gasteiger partial charge in [-0.05, 0) is 25.0 Å². The van der Waals surface area contributed by atoms with Gasteiger partial charge in [0.05, 0.1) is 16.0 Å². The minimum absolute atomic E-state index is 0.0410. The summed E-state index contributed by atoms with van der Waals surface area (Å²) in [6, 6.07) is 4.03. The van der Waals surface area contributed by atoms with E-state index in [1.165, 1.54) is 23.1 Å². The number of amides is 1. The van der Waals surface area contributed by atoms with E-state index in [9.17, 15) is 19.1 Å². The molecule has 1 aliphatic rings. The van der Waals surface area contributed by atoms with Crippen molar-refractivity contribution in [3.05, 3.63) is 34.6 Å². The number of likely N-dealkylation sites (tertiary alicyclic amines) is 1. The molecule has 1 aromatic rings. The Balaban J connectivity index is 2.27. The van der Waals surface area contributed by atoms with E-state index in [4.69, 9.17) is 11.6 Å². The Kier molecular flexibility index (Phi) is 3.99. The van der Waals surface area contributed by atoms with Gasteiger partial charge in [0.25, 0.3) is 5.91 Å². The van der Waals surface area contributed by atoms with Gasteiger partial charge in [-0.25, -0.2) is 4.39 Å². The standard InChI is InChI=1S/C14H15ClFNO3/c1-2-14(13(19)20)6-7-17(8-14)12(18)11-9(15)4-3-5-10(11)16/h3-5H,2,6-8H2,1H3,(H,19,20). The van der Waals surface area contributed by atoms with Gasteiger partial charge in [0.15, 0.2) is 0 Å². The molecule has 1 aromatic carbocycles. The molecular formula is C14H15ClFNO3. The Labute approximate surface area is 121 Å². The third-order valence-corrected chi connectivity index (χ3v) is 4.26. The van der Waals surface area contributed by atoms with Crippen molar-refractivity contribution in [3.63, 3.8) is 0 Å². The number of nitrogens with zero attached hydrogens (tertiary/aromatic N) is 1. The minimum atomic E-state index is -0.937. The summed E-state index contributed by atoms with van der Waals surface area (Å²) >= 11 is 5.87. The third kappa shape index (κ3) is 2.38. The predicted octanol–water partition coefficient (Wildman–Crippen LogP) is 2.81. The van der Waals surface area contributed by atoms with Crippen LogP contribution in [0.15, 0.2) is 18.2 Å². The number of carbonyl (C=O) groups excluding carboxylic acids is 1. The van der Waals surface area contributed by atoms with Crippen LogP contribution in [0.5, 0.6) is 0 Å². The molecule has 2 rings (SSSR count). The predicted molar refractivity (Wildman–Crippen MR) is 72.3 cm³/mol. The summed E-state index contributed by atoms with van der Waals surface area (Å²) in [5, 5.41) is 9.35. The topological polar surface area (TPSA) is 57.6 Å². The highest BCUT2D eigenvalue weighted by Gasteiger charge is 2.45. The third-order valence-electron chi connectivity index (χ3n) is 3.95. The average molecular weight is 300 g/mol. The molecule has 1 fully saturated rings. The normalized spacial score (nSPS) is 22.1. The lowest BCUT2D eigenvalue weighted by molar-refractivity contribution is -0.148. The van der Waals surface area contributed by atoms with Gasteiger partial charge < -0.3 is 10.0 Å². The van der Waals surface area contributed by atoms with E-state index in [1.54, 1.807) is 6.92 Å². The van der Waals surface area contributed by atoms with Crippen molar-refractivity contribution in [2.75, 3.05) is 13.1 Å². The quantitative estimate of drug-likeness (QED) is 0.933. The monoisotopic (exact) mass is 299 g/mol. The zero-order chi connectivity index (χ0) is 14.9. The van der Waals surface area contributed by atoms with Crippen molar-refractivity contribution >= 4 is 23.5 Å². The molecule has 1 N–H and O–H groups in total. The first-order valence-corrected chi connectivity index (χ1v) is 6.76. The molecule has 1 heterocycles. The van der Waals surface area contributed by atoms with Crippen LogP contribution >= 0.6 is 11.6 Å². The zero-order valence-corrected chi connectivity index (χ0v) is 11.8. The summed E-state index contributed by atoms with van der Waals surface area (Å²) in [6.07, 6.45) is 0.799. The number of hydrogen-bond acceptors (Lipinski definition) is 2. The molecule has 20 heavy (non-hydrogen) atoms. The zero-order valence-electron chi connectivity index (χ0n) is 11.0. The molecule has 6 heteroatoms. The van der Waals surface area contributed by atoms with Crippen molar-refractivity contribution in [2.45, 2.75) is 19.8 Å². The molecule has 0 spiro atoms. The molecule has 1 atom stereocenters. The minimum Gasteiger partial charge on any atom is -0.481 e. The second kappa shape index (κ2) is 5.40. The van der Waals surface area contributed by atoms with E-state index < -0.39 is 23.1 Å². The molecule has 1 unspecified atom stereocenters. The molecule has 0 bridgehead atoms. The first-order valence-electron chi connectivity index (χ1n) is 6.38. The van der Waals surface area contributed by atoms with Crippen molar-refractivity contribution in [1.82, 2.24) is 4.90 Å². The maximum absolute atomic E-state index is 13.7. The largest absolute Gasteiger partial charge is 0.481 e. The molecule has 1 aliphatic heterocycles. The number of rotatable bonds is 3. The van der Waals surface area contributed by atoms with Crippen LogP contribution in [-0.4, -0.2) is 35.0 Å². The SMILES string of the molecule is CCC1(C(=O)O)CCN(C(=O)c2c(F)cccc2Cl)C1. The fourth-order valence-corrected chi connectivity index (χ4v) is 2.76. The molecule has 0 aliphatic carbocycles. The molecule has 1 saturated heterocycles. The van der Waals surface area contributed by atoms with Crippen LogP contribution < -0.4 is 0 Å². The Morgan fingerprint density at radius 3 is 2.70 bits per heavy atom. The molecule has 1 amide bonds. The van der Waals surface area contributed by atoms with Gasteiger partial charge in [0.1, 0.15) is 5.82 Å². The molecule has 4 nitrogen and oxygen atoms in total. The number of aliphatic carboxylic acids is 1. The summed E-state index contributed by atoms with van der Waals surface area (Å²) in [5.41, 5.74) is -1.13. The Morgan fingerprint density at radius 1 is 1.50 bits per heavy atom. The van der Waals surface area contributed by atoms with Crippen molar-refractivity contribution in [1.29, 1.82) is 0 Å². The second-order valence-corrected chi connectivity index (χ2v) is 5.42. The molecular weight excluding hydrogens is 285 g/mol. The van der Waals surface area contributed by atoms with E-state index in [2.05, 4.69) is 0 Å². The van der Waals surface area contributed by atoms with Gasteiger partial charge >= 0.3 is 5.97 Å². The van der Waals surface area contributed by atoms with Crippen molar-refractivity contribution in [2.24, 2.45) is 5.41 Å². The van der Waals surface area contributed by atoms with Crippen LogP contribution in [0.25, 0.3) is 0 Å². The highest BCUT2D eigenvalue weighted by atomic mass is 35.5. The Morgan fingerprint density at radius 2 is 2.20 bits per heavy atom. The molecule has 0 radical (unpaired) electrons. The van der Waals surface area contributed by atoms with Gasteiger partial charge in [-0.1, -0.05) is 24.6 Å². The summed E-state index contributed by atoms with van der Waals surface area (Å²) < 4.78 is 13.7. The second-order valence-electron chi connectivity index (χ2n) is 5.01. The summed E-state index contributed by atoms with van der Waals surface area (Å²) in [7, 11) is 0. The fourth-order valence-electron chi connectivity index (χ4n) is 2.52. The van der Waals surface area contributed by atoms with Crippen LogP contribution in [0.3, 0.4) is 0 Å². The highest BCUT2D eigenvalue weighted by molar-refractivity contribution is 6.33. The van der Waals surface area contributed by atoms with Crippen LogP contribution in [-0.2, 0) is 4.79 Å². The maximum Gasteiger partial charge on any atom is 0.311 e. The van der Waals surface area contributed by atoms with Crippen LogP contribution in [0, 0.1) is 11.2 Å². The average Bonchev–Trinajstić information content (AvgIpc) is 2.84. The first kappa shape index (κ1) is 14.8. The highest BCUT2D eigenvalue weighted by Crippen LogP contribution is 2.35. The summed E-state index contributed by atoms with van der Waals surface area (Å²) in [6.45, 7) is 2.16. The first-order chi connectivity index (χ1) is 9.41. The van der Waals surface area contributed by atoms with E-state index in [1.807, 2.05) is 0 Å². The van der Waals surface area contributed by atoms with Crippen LogP contribution in [0.1, 0.15) is 30.1 Å². The summed E-state index contributed by atoms with van der Waals surface area (Å²) in [4.78, 5) is 25.0. The van der Waals surface area contributed by atoms with E-state index in [0.717, 1.165) is 0 Å². The lowest BCUT2D eigenvalue weighted by Crippen LogP contribution is -2.36. The number of carboxylic acids is 1. The molecule has 0 saturated carbocycles. The smallest absolute Gasteiger partial charge is 0.311 e. The lowest BCUT2D eigenvalue weighted by Gasteiger charge is -2.23. The van der Waals surface area contributed by atoms with Gasteiger partial charge in [-0.15, -0.1) is 0 Å². The van der Waals surface area contributed by atoms with Gasteiger partial charge in [0.2, 0.25) is 0 Å². The van der Waals surface area contributed by atoms with Crippen LogP contribution in [0.4, 0.5) is 4.39 Å². The Hall–Kier alpha value is -1.62. The number of hydrogen-bond donors (Lipinski definition) is 1. The van der Waals surface area contributed by atoms with Crippen LogP contribution in [0.2, 0.25) is 5.02 Å². The number of halogens is 2. The molecule has 108 valence electrons. The van der Waals surface area contributed by atoms with Gasteiger partial charge in [-0.2, -0.15) is 0 Å². The van der Waals surface area contributed by atoms with E-state index in [-0.39, 0.29) is 17.1 Å². The maximum atomic E-state index is 13.7. The number of carbonyl (C=O) groups is 2. The van der Waals surface area contributed by atoms with Crippen molar-refractivity contribution in [3.8, 4) is 0 Å². The van der Waals surface area contributed by atoms with E-state index in [0.29, 0.717) is 19.4 Å². The van der Waals surface area contributed by atoms with Gasteiger partial charge in [0, 0.05) is 13.1 Å².